The first-order chi connectivity index (χ1) is 13.3. The molecule has 0 aliphatic heterocycles. The van der Waals surface area contributed by atoms with Crippen molar-refractivity contribution in [3.05, 3.63) is 93.6 Å². The van der Waals surface area contributed by atoms with Crippen molar-refractivity contribution in [3.63, 3.8) is 0 Å². The highest BCUT2D eigenvalue weighted by molar-refractivity contribution is 7.14. The van der Waals surface area contributed by atoms with Crippen molar-refractivity contribution in [1.29, 1.82) is 0 Å². The highest BCUT2D eigenvalue weighted by atomic mass is 32.1. The fourth-order valence-corrected chi connectivity index (χ4v) is 4.41. The summed E-state index contributed by atoms with van der Waals surface area (Å²) in [5.41, 5.74) is 5.11. The molecule has 0 unspecified atom stereocenters. The number of rotatable bonds is 6. The molecule has 3 nitrogen and oxygen atoms in total. The second-order valence-corrected chi connectivity index (χ2v) is 7.84. The number of nitrogens with one attached hydrogen (secondary N) is 1. The molecule has 0 spiro atoms. The molecule has 27 heavy (non-hydrogen) atoms. The molecule has 5 heteroatoms. The number of anilines is 1. The van der Waals surface area contributed by atoms with E-state index in [0.29, 0.717) is 0 Å². The van der Waals surface area contributed by atoms with Crippen LogP contribution in [0.5, 0.6) is 0 Å². The van der Waals surface area contributed by atoms with Crippen molar-refractivity contribution in [1.82, 2.24) is 4.98 Å². The summed E-state index contributed by atoms with van der Waals surface area (Å²) < 4.78 is 0. The van der Waals surface area contributed by atoms with Crippen molar-refractivity contribution >= 4 is 34.3 Å². The smallest absolute Gasteiger partial charge is 0.230 e. The Bertz CT molecular complexity index is 1020. The second kappa shape index (κ2) is 8.29. The summed E-state index contributed by atoms with van der Waals surface area (Å²) in [7, 11) is 0. The van der Waals surface area contributed by atoms with Gasteiger partial charge in [-0.25, -0.2) is 4.98 Å². The van der Waals surface area contributed by atoms with Crippen LogP contribution >= 0.6 is 22.7 Å². The van der Waals surface area contributed by atoms with Crippen LogP contribution in [0.4, 0.5) is 5.69 Å². The molecule has 0 fully saturated rings. The van der Waals surface area contributed by atoms with Gasteiger partial charge >= 0.3 is 0 Å². The Kier molecular flexibility index (Phi) is 5.42. The molecule has 2 aromatic heterocycles. The second-order valence-electron chi connectivity index (χ2n) is 6.20. The third-order valence-corrected chi connectivity index (χ3v) is 5.81. The highest BCUT2D eigenvalue weighted by Gasteiger charge is 2.11. The lowest BCUT2D eigenvalue weighted by molar-refractivity contribution is -0.115. The van der Waals surface area contributed by atoms with E-state index in [1.165, 1.54) is 5.56 Å². The summed E-state index contributed by atoms with van der Waals surface area (Å²) in [6.07, 6.45) is 1.07. The van der Waals surface area contributed by atoms with Crippen molar-refractivity contribution in [2.24, 2.45) is 0 Å². The standard InChI is InChI=1S/C22H18N2OS2/c25-21(13-19-15-27-22(23-19)18-10-11-26-14-18)24-20-9-5-4-8-17(20)12-16-6-2-1-3-7-16/h1-11,14-15H,12-13H2,(H,24,25). The number of para-hydroxylation sites is 1. The summed E-state index contributed by atoms with van der Waals surface area (Å²) >= 11 is 3.23. The van der Waals surface area contributed by atoms with Crippen LogP contribution in [0.3, 0.4) is 0 Å². The van der Waals surface area contributed by atoms with Crippen molar-refractivity contribution < 1.29 is 4.79 Å². The number of carbonyl (C=O) groups excluding carboxylic acids is 1. The van der Waals surface area contributed by atoms with Gasteiger partial charge in [0.25, 0.3) is 0 Å². The minimum atomic E-state index is -0.0438. The Labute approximate surface area is 166 Å². The van der Waals surface area contributed by atoms with Gasteiger partial charge in [-0.2, -0.15) is 11.3 Å². The summed E-state index contributed by atoms with van der Waals surface area (Å²) in [6.45, 7) is 0. The van der Waals surface area contributed by atoms with Gasteiger partial charge in [0.2, 0.25) is 5.91 Å². The van der Waals surface area contributed by atoms with Crippen molar-refractivity contribution in [3.8, 4) is 10.6 Å². The first-order valence-electron chi connectivity index (χ1n) is 8.66. The average molecular weight is 391 g/mol. The molecule has 0 saturated heterocycles. The van der Waals surface area contributed by atoms with Crippen LogP contribution < -0.4 is 5.32 Å². The molecule has 4 rings (SSSR count). The SMILES string of the molecule is O=C(Cc1csc(-c2ccsc2)n1)Nc1ccccc1Cc1ccccc1. The zero-order chi connectivity index (χ0) is 18.5. The first-order valence-corrected chi connectivity index (χ1v) is 10.5. The summed E-state index contributed by atoms with van der Waals surface area (Å²) in [5, 5.41) is 10.1. The number of aromatic nitrogens is 1. The molecule has 0 atom stereocenters. The Morgan fingerprint density at radius 3 is 2.59 bits per heavy atom. The third kappa shape index (κ3) is 4.51. The number of benzene rings is 2. The predicted octanol–water partition coefficient (Wildman–Crippen LogP) is 5.64. The molecule has 4 aromatic rings. The molecule has 0 aliphatic rings. The third-order valence-electron chi connectivity index (χ3n) is 4.19. The predicted molar refractivity (Wildman–Crippen MR) is 113 cm³/mol. The molecule has 134 valence electrons. The van der Waals surface area contributed by atoms with Gasteiger partial charge in [-0.15, -0.1) is 11.3 Å². The summed E-state index contributed by atoms with van der Waals surface area (Å²) in [5.74, 6) is -0.0438. The van der Waals surface area contributed by atoms with Crippen molar-refractivity contribution in [2.45, 2.75) is 12.8 Å². The van der Waals surface area contributed by atoms with E-state index in [4.69, 9.17) is 0 Å². The molecule has 0 saturated carbocycles. The maximum atomic E-state index is 12.5. The topological polar surface area (TPSA) is 42.0 Å². The summed E-state index contributed by atoms with van der Waals surface area (Å²) in [4.78, 5) is 17.1. The van der Waals surface area contributed by atoms with E-state index in [-0.39, 0.29) is 12.3 Å². The highest BCUT2D eigenvalue weighted by Crippen LogP contribution is 2.26. The maximum Gasteiger partial charge on any atom is 0.230 e. The molecule has 0 aliphatic carbocycles. The number of thiazole rings is 1. The van der Waals surface area contributed by atoms with E-state index in [1.54, 1.807) is 22.7 Å². The van der Waals surface area contributed by atoms with Gasteiger partial charge in [0, 0.05) is 22.0 Å². The van der Waals surface area contributed by atoms with E-state index >= 15 is 0 Å². The van der Waals surface area contributed by atoms with E-state index in [1.807, 2.05) is 53.2 Å². The van der Waals surface area contributed by atoms with E-state index < -0.39 is 0 Å². The van der Waals surface area contributed by atoms with Gasteiger partial charge in [-0.05, 0) is 35.1 Å². The molecular weight excluding hydrogens is 372 g/mol. The van der Waals surface area contributed by atoms with Gasteiger partial charge in [0.15, 0.2) is 0 Å². The van der Waals surface area contributed by atoms with Gasteiger partial charge < -0.3 is 5.32 Å². The molecular formula is C22H18N2OS2. The first kappa shape index (κ1) is 17.6. The van der Waals surface area contributed by atoms with E-state index in [0.717, 1.165) is 33.9 Å². The van der Waals surface area contributed by atoms with Gasteiger partial charge in [-0.3, -0.25) is 4.79 Å². The molecule has 1 N–H and O–H groups in total. The monoisotopic (exact) mass is 390 g/mol. The molecule has 0 bridgehead atoms. The largest absolute Gasteiger partial charge is 0.325 e. The molecule has 0 radical (unpaired) electrons. The quantitative estimate of drug-likeness (QED) is 0.463. The Hall–Kier alpha value is -2.76. The van der Waals surface area contributed by atoms with Crippen LogP contribution in [0.15, 0.2) is 76.8 Å². The van der Waals surface area contributed by atoms with Gasteiger partial charge in [0.1, 0.15) is 5.01 Å². The zero-order valence-electron chi connectivity index (χ0n) is 14.6. The van der Waals surface area contributed by atoms with Crippen LogP contribution in [-0.4, -0.2) is 10.9 Å². The molecule has 2 aromatic carbocycles. The zero-order valence-corrected chi connectivity index (χ0v) is 16.2. The fraction of sp³-hybridized carbons (Fsp3) is 0.0909. The lowest BCUT2D eigenvalue weighted by Crippen LogP contribution is -2.15. The van der Waals surface area contributed by atoms with E-state index in [2.05, 4.69) is 33.9 Å². The van der Waals surface area contributed by atoms with Gasteiger partial charge in [-0.1, -0.05) is 48.5 Å². The maximum absolute atomic E-state index is 12.5. The van der Waals surface area contributed by atoms with E-state index in [9.17, 15) is 4.79 Å². The molecule has 1 amide bonds. The number of thiophene rings is 1. The van der Waals surface area contributed by atoms with Crippen LogP contribution in [0.25, 0.3) is 10.6 Å². The number of hydrogen-bond acceptors (Lipinski definition) is 4. The van der Waals surface area contributed by atoms with Crippen molar-refractivity contribution in [2.75, 3.05) is 5.32 Å². The average Bonchev–Trinajstić information content (AvgIpc) is 3.36. The normalized spacial score (nSPS) is 10.7. The molecule has 2 heterocycles. The van der Waals surface area contributed by atoms with Crippen LogP contribution in [0.2, 0.25) is 0 Å². The minimum Gasteiger partial charge on any atom is -0.325 e. The Balaban J connectivity index is 1.44. The lowest BCUT2D eigenvalue weighted by atomic mass is 10.0. The van der Waals surface area contributed by atoms with Crippen LogP contribution in [-0.2, 0) is 17.6 Å². The number of amides is 1. The lowest BCUT2D eigenvalue weighted by Gasteiger charge is -2.11. The number of hydrogen-bond donors (Lipinski definition) is 1. The summed E-state index contributed by atoms with van der Waals surface area (Å²) in [6, 6.07) is 20.3. The number of carbonyl (C=O) groups is 1. The van der Waals surface area contributed by atoms with Gasteiger partial charge in [0.05, 0.1) is 12.1 Å². The Morgan fingerprint density at radius 1 is 0.963 bits per heavy atom. The van der Waals surface area contributed by atoms with Crippen LogP contribution in [0.1, 0.15) is 16.8 Å². The number of nitrogens with zero attached hydrogens (tertiary/aromatic N) is 1. The Morgan fingerprint density at radius 2 is 1.78 bits per heavy atom. The fourth-order valence-electron chi connectivity index (χ4n) is 2.88. The van der Waals surface area contributed by atoms with Crippen LogP contribution in [0, 0.1) is 0 Å². The minimum absolute atomic E-state index is 0.0438.